The Hall–Kier alpha value is -0.610. The van der Waals surface area contributed by atoms with Crippen molar-refractivity contribution in [2.45, 2.75) is 20.0 Å². The molecule has 0 aliphatic heterocycles. The molecule has 1 atom stereocenters. The second kappa shape index (κ2) is 5.09. The Morgan fingerprint density at radius 2 is 2.18 bits per heavy atom. The predicted octanol–water partition coefficient (Wildman–Crippen LogP) is -0.495. The van der Waals surface area contributed by atoms with Crippen molar-refractivity contribution in [1.82, 2.24) is 0 Å². The third-order valence-corrected chi connectivity index (χ3v) is 1.35. The summed E-state index contributed by atoms with van der Waals surface area (Å²) in [6.07, 6.45) is -0.592. The van der Waals surface area contributed by atoms with Crippen molar-refractivity contribution in [3.63, 3.8) is 0 Å². The molecule has 0 fully saturated rings. The zero-order chi connectivity index (χ0) is 8.85. The van der Waals surface area contributed by atoms with Crippen molar-refractivity contribution in [2.24, 2.45) is 11.7 Å². The largest absolute Gasteiger partial charge is 0.462 e. The maximum absolute atomic E-state index is 10.5. The van der Waals surface area contributed by atoms with Crippen LogP contribution in [0.1, 0.15) is 13.8 Å². The fourth-order valence-electron chi connectivity index (χ4n) is 0.430. The molecule has 66 valence electrons. The molecule has 0 aromatic heterocycles. The van der Waals surface area contributed by atoms with Gasteiger partial charge < -0.3 is 15.6 Å². The molecule has 0 saturated carbocycles. The van der Waals surface area contributed by atoms with Gasteiger partial charge in [0.25, 0.3) is 0 Å². The van der Waals surface area contributed by atoms with Crippen LogP contribution in [0.15, 0.2) is 0 Å². The molecule has 3 N–H and O–H groups in total. The lowest BCUT2D eigenvalue weighted by molar-refractivity contribution is -0.145. The highest BCUT2D eigenvalue weighted by molar-refractivity contribution is 5.71. The molecule has 0 aromatic rings. The monoisotopic (exact) mass is 161 g/mol. The topological polar surface area (TPSA) is 72.5 Å². The number of hydrogen-bond donors (Lipinski definition) is 2. The smallest absolute Gasteiger partial charge is 0.319 e. The first-order valence-electron chi connectivity index (χ1n) is 3.61. The van der Waals surface area contributed by atoms with Gasteiger partial charge in [-0.1, -0.05) is 13.8 Å². The van der Waals surface area contributed by atoms with Gasteiger partial charge in [0.05, 0.1) is 12.6 Å². The molecule has 0 amide bonds. The van der Waals surface area contributed by atoms with Gasteiger partial charge in [-0.2, -0.15) is 0 Å². The van der Waals surface area contributed by atoms with Gasteiger partial charge >= 0.3 is 5.97 Å². The molecule has 4 nitrogen and oxygen atoms in total. The van der Waals surface area contributed by atoms with Crippen molar-refractivity contribution in [1.29, 1.82) is 0 Å². The number of aliphatic hydroxyl groups excluding tert-OH is 1. The number of esters is 1. The zero-order valence-corrected chi connectivity index (χ0v) is 6.91. The zero-order valence-electron chi connectivity index (χ0n) is 6.91. The SMILES string of the molecule is CC(C)[C@H](O)COC(=O)CN. The number of ether oxygens (including phenoxy) is 1. The van der Waals surface area contributed by atoms with Gasteiger partial charge in [-0.15, -0.1) is 0 Å². The Labute approximate surface area is 66.3 Å². The molecule has 0 aromatic carbocycles. The van der Waals surface area contributed by atoms with Crippen molar-refractivity contribution in [3.05, 3.63) is 0 Å². The molecule has 0 bridgehead atoms. The van der Waals surface area contributed by atoms with E-state index in [0.717, 1.165) is 0 Å². The van der Waals surface area contributed by atoms with Crippen molar-refractivity contribution < 1.29 is 14.6 Å². The highest BCUT2D eigenvalue weighted by Gasteiger charge is 2.10. The van der Waals surface area contributed by atoms with E-state index < -0.39 is 12.1 Å². The van der Waals surface area contributed by atoms with Crippen LogP contribution < -0.4 is 5.73 Å². The summed E-state index contributed by atoms with van der Waals surface area (Å²) in [5.41, 5.74) is 4.98. The van der Waals surface area contributed by atoms with Crippen molar-refractivity contribution in [2.75, 3.05) is 13.2 Å². The van der Waals surface area contributed by atoms with Crippen LogP contribution in [0.2, 0.25) is 0 Å². The van der Waals surface area contributed by atoms with E-state index >= 15 is 0 Å². The lowest BCUT2D eigenvalue weighted by Crippen LogP contribution is -2.26. The van der Waals surface area contributed by atoms with Gasteiger partial charge in [-0.25, -0.2) is 0 Å². The highest BCUT2D eigenvalue weighted by atomic mass is 16.5. The first-order valence-corrected chi connectivity index (χ1v) is 3.61. The van der Waals surface area contributed by atoms with Gasteiger partial charge in [-0.05, 0) is 5.92 Å². The van der Waals surface area contributed by atoms with E-state index in [-0.39, 0.29) is 19.1 Å². The number of aliphatic hydroxyl groups is 1. The normalized spacial score (nSPS) is 13.2. The van der Waals surface area contributed by atoms with Crippen LogP contribution >= 0.6 is 0 Å². The summed E-state index contributed by atoms with van der Waals surface area (Å²) >= 11 is 0. The molecule has 0 spiro atoms. The summed E-state index contributed by atoms with van der Waals surface area (Å²) in [5, 5.41) is 9.15. The molecule has 0 aliphatic rings. The van der Waals surface area contributed by atoms with E-state index in [1.165, 1.54) is 0 Å². The van der Waals surface area contributed by atoms with E-state index in [2.05, 4.69) is 4.74 Å². The van der Waals surface area contributed by atoms with E-state index in [9.17, 15) is 4.79 Å². The van der Waals surface area contributed by atoms with Crippen LogP contribution in [0.25, 0.3) is 0 Å². The molecule has 11 heavy (non-hydrogen) atoms. The first-order chi connectivity index (χ1) is 5.07. The Morgan fingerprint density at radius 1 is 1.64 bits per heavy atom. The number of hydrogen-bond acceptors (Lipinski definition) is 4. The first kappa shape index (κ1) is 10.4. The predicted molar refractivity (Wildman–Crippen MR) is 40.9 cm³/mol. The highest BCUT2D eigenvalue weighted by Crippen LogP contribution is 2.00. The quantitative estimate of drug-likeness (QED) is 0.545. The van der Waals surface area contributed by atoms with Gasteiger partial charge in [0, 0.05) is 0 Å². The molecule has 0 rings (SSSR count). The number of carbonyl (C=O) groups is 1. The third kappa shape index (κ3) is 4.75. The summed E-state index contributed by atoms with van der Waals surface area (Å²) in [5.74, 6) is -0.384. The standard InChI is InChI=1S/C7H15NO3/c1-5(2)6(9)4-11-7(10)3-8/h5-6,9H,3-4,8H2,1-2H3/t6-/m1/s1. The van der Waals surface area contributed by atoms with Crippen LogP contribution in [-0.4, -0.2) is 30.3 Å². The lowest BCUT2D eigenvalue weighted by Gasteiger charge is -2.13. The molecule has 0 unspecified atom stereocenters. The lowest BCUT2D eigenvalue weighted by atomic mass is 10.1. The van der Waals surface area contributed by atoms with Crippen LogP contribution in [0.4, 0.5) is 0 Å². The fourth-order valence-corrected chi connectivity index (χ4v) is 0.430. The molecule has 0 heterocycles. The van der Waals surface area contributed by atoms with Crippen molar-refractivity contribution in [3.8, 4) is 0 Å². The second-order valence-electron chi connectivity index (χ2n) is 2.70. The van der Waals surface area contributed by atoms with Crippen LogP contribution in [0.3, 0.4) is 0 Å². The average Bonchev–Trinajstić information content (AvgIpc) is 1.99. The Bertz CT molecular complexity index is 125. The molecular weight excluding hydrogens is 146 g/mol. The average molecular weight is 161 g/mol. The van der Waals surface area contributed by atoms with E-state index in [0.29, 0.717) is 0 Å². The Balaban J connectivity index is 3.45. The summed E-state index contributed by atoms with van der Waals surface area (Å²) in [7, 11) is 0. The molecule has 4 heteroatoms. The van der Waals surface area contributed by atoms with Gasteiger partial charge in [0.15, 0.2) is 0 Å². The molecule has 0 aliphatic carbocycles. The van der Waals surface area contributed by atoms with E-state index in [1.54, 1.807) is 0 Å². The second-order valence-corrected chi connectivity index (χ2v) is 2.70. The minimum absolute atomic E-state index is 0.0354. The van der Waals surface area contributed by atoms with E-state index in [4.69, 9.17) is 10.8 Å². The Kier molecular flexibility index (Phi) is 4.81. The molecule has 0 radical (unpaired) electrons. The number of carbonyl (C=O) groups excluding carboxylic acids is 1. The van der Waals surface area contributed by atoms with E-state index in [1.807, 2.05) is 13.8 Å². The minimum Gasteiger partial charge on any atom is -0.462 e. The van der Waals surface area contributed by atoms with Crippen LogP contribution in [-0.2, 0) is 9.53 Å². The summed E-state index contributed by atoms with van der Waals surface area (Å²) < 4.78 is 4.60. The maximum atomic E-state index is 10.5. The van der Waals surface area contributed by atoms with Crippen LogP contribution in [0.5, 0.6) is 0 Å². The summed E-state index contributed by atoms with van der Waals surface area (Å²) in [4.78, 5) is 10.5. The van der Waals surface area contributed by atoms with Gasteiger partial charge in [0.1, 0.15) is 6.61 Å². The minimum atomic E-state index is -0.592. The summed E-state index contributed by atoms with van der Waals surface area (Å²) in [6.45, 7) is 3.60. The number of rotatable bonds is 4. The fraction of sp³-hybridized carbons (Fsp3) is 0.857. The maximum Gasteiger partial charge on any atom is 0.319 e. The van der Waals surface area contributed by atoms with Gasteiger partial charge in [-0.3, -0.25) is 4.79 Å². The molecular formula is C7H15NO3. The van der Waals surface area contributed by atoms with Crippen molar-refractivity contribution >= 4 is 5.97 Å². The summed E-state index contributed by atoms with van der Waals surface area (Å²) in [6, 6.07) is 0. The third-order valence-electron chi connectivity index (χ3n) is 1.35. The van der Waals surface area contributed by atoms with Crippen LogP contribution in [0, 0.1) is 5.92 Å². The number of nitrogens with two attached hydrogens (primary N) is 1. The molecule has 0 saturated heterocycles. The Morgan fingerprint density at radius 3 is 2.55 bits per heavy atom. The van der Waals surface area contributed by atoms with Gasteiger partial charge in [0.2, 0.25) is 0 Å².